The molecule has 1 saturated carbocycles. The van der Waals surface area contributed by atoms with Crippen molar-refractivity contribution in [2.75, 3.05) is 31.1 Å². The topological polar surface area (TPSA) is 6.48 Å². The lowest BCUT2D eigenvalue weighted by Gasteiger charge is -2.42. The van der Waals surface area contributed by atoms with Gasteiger partial charge in [-0.1, -0.05) is 31.4 Å². The first-order valence-electron chi connectivity index (χ1n) is 7.97. The molecule has 1 heterocycles. The Morgan fingerprint density at radius 1 is 1.00 bits per heavy atom. The highest BCUT2D eigenvalue weighted by molar-refractivity contribution is 6.30. The Balaban J connectivity index is 1.55. The third-order valence-corrected chi connectivity index (χ3v) is 5.18. The van der Waals surface area contributed by atoms with E-state index < -0.39 is 0 Å². The number of anilines is 1. The molecule has 20 heavy (non-hydrogen) atoms. The van der Waals surface area contributed by atoms with Crippen LogP contribution in [0.1, 0.15) is 32.6 Å². The van der Waals surface area contributed by atoms with Crippen molar-refractivity contribution in [3.05, 3.63) is 29.3 Å². The summed E-state index contributed by atoms with van der Waals surface area (Å²) in [6, 6.07) is 9.10. The lowest BCUT2D eigenvalue weighted by molar-refractivity contribution is 0.127. The van der Waals surface area contributed by atoms with E-state index in [2.05, 4.69) is 28.9 Å². The zero-order chi connectivity index (χ0) is 13.9. The molecule has 0 aromatic heterocycles. The summed E-state index contributed by atoms with van der Waals surface area (Å²) in [5.41, 5.74) is 1.31. The van der Waals surface area contributed by atoms with Gasteiger partial charge in [0.2, 0.25) is 0 Å². The first-order valence-corrected chi connectivity index (χ1v) is 8.35. The van der Waals surface area contributed by atoms with Crippen LogP contribution in [0.15, 0.2) is 24.3 Å². The minimum Gasteiger partial charge on any atom is -0.369 e. The summed E-state index contributed by atoms with van der Waals surface area (Å²) in [6.07, 6.45) is 5.66. The van der Waals surface area contributed by atoms with Crippen molar-refractivity contribution < 1.29 is 0 Å². The molecule has 2 fully saturated rings. The van der Waals surface area contributed by atoms with Crippen molar-refractivity contribution >= 4 is 17.3 Å². The summed E-state index contributed by atoms with van der Waals surface area (Å²) >= 11 is 5.96. The van der Waals surface area contributed by atoms with Crippen LogP contribution in [0.3, 0.4) is 0 Å². The van der Waals surface area contributed by atoms with Gasteiger partial charge in [0.25, 0.3) is 0 Å². The molecule has 1 aliphatic carbocycles. The number of hydrogen-bond donors (Lipinski definition) is 0. The summed E-state index contributed by atoms with van der Waals surface area (Å²) < 4.78 is 0. The molecule has 0 N–H and O–H groups in total. The Morgan fingerprint density at radius 2 is 1.70 bits per heavy atom. The van der Waals surface area contributed by atoms with Crippen molar-refractivity contribution in [3.8, 4) is 0 Å². The molecule has 2 atom stereocenters. The molecule has 3 rings (SSSR count). The van der Waals surface area contributed by atoms with E-state index in [9.17, 15) is 0 Å². The summed E-state index contributed by atoms with van der Waals surface area (Å²) in [7, 11) is 0. The number of rotatable bonds is 2. The minimum atomic E-state index is 0.823. The van der Waals surface area contributed by atoms with Crippen LogP contribution >= 0.6 is 11.6 Å². The summed E-state index contributed by atoms with van der Waals surface area (Å²) in [6.45, 7) is 7.12. The van der Waals surface area contributed by atoms with E-state index in [1.54, 1.807) is 0 Å². The van der Waals surface area contributed by atoms with Crippen LogP contribution in [0.4, 0.5) is 5.69 Å². The number of piperazine rings is 1. The number of halogens is 1. The van der Waals surface area contributed by atoms with E-state index in [4.69, 9.17) is 11.6 Å². The van der Waals surface area contributed by atoms with Gasteiger partial charge in [-0.25, -0.2) is 0 Å². The van der Waals surface area contributed by atoms with E-state index in [0.717, 1.165) is 30.1 Å². The van der Waals surface area contributed by atoms with Gasteiger partial charge in [-0.2, -0.15) is 0 Å². The molecule has 2 nitrogen and oxygen atoms in total. The van der Waals surface area contributed by atoms with Crippen LogP contribution in [0, 0.1) is 5.92 Å². The largest absolute Gasteiger partial charge is 0.369 e. The van der Waals surface area contributed by atoms with Crippen LogP contribution in [0.25, 0.3) is 0 Å². The molecule has 0 bridgehead atoms. The number of benzene rings is 1. The first kappa shape index (κ1) is 14.2. The Morgan fingerprint density at radius 3 is 2.35 bits per heavy atom. The second kappa shape index (κ2) is 6.36. The van der Waals surface area contributed by atoms with E-state index in [-0.39, 0.29) is 0 Å². The van der Waals surface area contributed by atoms with Crippen molar-refractivity contribution in [1.82, 2.24) is 4.90 Å². The summed E-state index contributed by atoms with van der Waals surface area (Å²) in [5, 5.41) is 0.823. The summed E-state index contributed by atoms with van der Waals surface area (Å²) in [5.74, 6) is 0.919. The zero-order valence-electron chi connectivity index (χ0n) is 12.4. The molecule has 1 saturated heterocycles. The van der Waals surface area contributed by atoms with E-state index in [1.807, 2.05) is 12.1 Å². The molecule has 3 heteroatoms. The van der Waals surface area contributed by atoms with Gasteiger partial charge in [-0.05, 0) is 43.0 Å². The minimum absolute atomic E-state index is 0.823. The van der Waals surface area contributed by atoms with E-state index in [1.165, 1.54) is 44.5 Å². The van der Waals surface area contributed by atoms with Gasteiger partial charge >= 0.3 is 0 Å². The monoisotopic (exact) mass is 292 g/mol. The predicted molar refractivity (Wildman–Crippen MR) is 86.7 cm³/mol. The van der Waals surface area contributed by atoms with Crippen molar-refractivity contribution in [1.29, 1.82) is 0 Å². The molecular weight excluding hydrogens is 268 g/mol. The molecule has 0 spiro atoms. The molecule has 1 aromatic carbocycles. The number of nitrogens with zero attached hydrogens (tertiary/aromatic N) is 2. The van der Waals surface area contributed by atoms with Gasteiger partial charge < -0.3 is 4.90 Å². The SMILES string of the molecule is CC1CCCC(N2CCN(c3ccc(Cl)cc3)CC2)C1. The molecule has 110 valence electrons. The fourth-order valence-electron chi connectivity index (χ4n) is 3.73. The average molecular weight is 293 g/mol. The van der Waals surface area contributed by atoms with Crippen LogP contribution in [0.5, 0.6) is 0 Å². The lowest BCUT2D eigenvalue weighted by Crippen LogP contribution is -2.51. The van der Waals surface area contributed by atoms with Gasteiger partial charge in [0.1, 0.15) is 0 Å². The maximum Gasteiger partial charge on any atom is 0.0407 e. The average Bonchev–Trinajstić information content (AvgIpc) is 2.48. The highest BCUT2D eigenvalue weighted by Crippen LogP contribution is 2.28. The molecule has 0 amide bonds. The second-order valence-electron chi connectivity index (χ2n) is 6.43. The number of hydrogen-bond acceptors (Lipinski definition) is 2. The van der Waals surface area contributed by atoms with Gasteiger partial charge in [-0.15, -0.1) is 0 Å². The van der Waals surface area contributed by atoms with Gasteiger partial charge in [0, 0.05) is 42.9 Å². The van der Waals surface area contributed by atoms with Gasteiger partial charge in [0.15, 0.2) is 0 Å². The molecule has 0 radical (unpaired) electrons. The van der Waals surface area contributed by atoms with Gasteiger partial charge in [0.05, 0.1) is 0 Å². The zero-order valence-corrected chi connectivity index (χ0v) is 13.1. The Labute approximate surface area is 127 Å². The third-order valence-electron chi connectivity index (χ3n) is 4.93. The van der Waals surface area contributed by atoms with Crippen LogP contribution < -0.4 is 4.90 Å². The Bertz CT molecular complexity index is 423. The van der Waals surface area contributed by atoms with E-state index >= 15 is 0 Å². The Hall–Kier alpha value is -0.730. The highest BCUT2D eigenvalue weighted by atomic mass is 35.5. The van der Waals surface area contributed by atoms with E-state index in [0.29, 0.717) is 0 Å². The van der Waals surface area contributed by atoms with Crippen LogP contribution in [-0.2, 0) is 0 Å². The summed E-state index contributed by atoms with van der Waals surface area (Å²) in [4.78, 5) is 5.21. The molecule has 1 aromatic rings. The molecule has 2 unspecified atom stereocenters. The maximum atomic E-state index is 5.96. The molecule has 2 aliphatic rings. The van der Waals surface area contributed by atoms with Crippen molar-refractivity contribution in [2.45, 2.75) is 38.6 Å². The Kier molecular flexibility index (Phi) is 4.52. The molecular formula is C17H25ClN2. The van der Waals surface area contributed by atoms with Crippen molar-refractivity contribution in [3.63, 3.8) is 0 Å². The fraction of sp³-hybridized carbons (Fsp3) is 0.647. The maximum absolute atomic E-state index is 5.96. The second-order valence-corrected chi connectivity index (χ2v) is 6.86. The predicted octanol–water partition coefficient (Wildman–Crippen LogP) is 4.04. The van der Waals surface area contributed by atoms with Crippen LogP contribution in [0.2, 0.25) is 5.02 Å². The smallest absolute Gasteiger partial charge is 0.0407 e. The highest BCUT2D eigenvalue weighted by Gasteiger charge is 2.27. The lowest BCUT2D eigenvalue weighted by atomic mass is 9.86. The van der Waals surface area contributed by atoms with Crippen molar-refractivity contribution in [2.24, 2.45) is 5.92 Å². The van der Waals surface area contributed by atoms with Gasteiger partial charge in [-0.3, -0.25) is 4.90 Å². The molecule has 1 aliphatic heterocycles. The quantitative estimate of drug-likeness (QED) is 0.812. The standard InChI is InChI=1S/C17H25ClN2/c1-14-3-2-4-17(13-14)20-11-9-19(10-12-20)16-7-5-15(18)6-8-16/h5-8,14,17H,2-4,9-13H2,1H3. The third kappa shape index (κ3) is 3.29. The normalized spacial score (nSPS) is 28.6. The first-order chi connectivity index (χ1) is 9.72. The van der Waals surface area contributed by atoms with Crippen LogP contribution in [-0.4, -0.2) is 37.1 Å². The fourth-order valence-corrected chi connectivity index (χ4v) is 3.86.